The van der Waals surface area contributed by atoms with Crippen LogP contribution in [-0.4, -0.2) is 10.8 Å². The Balaban J connectivity index is 2.22. The van der Waals surface area contributed by atoms with Crippen LogP contribution in [0, 0.1) is 17.0 Å². The van der Waals surface area contributed by atoms with Crippen LogP contribution in [0.2, 0.25) is 0 Å². The second-order valence-corrected chi connectivity index (χ2v) is 5.50. The van der Waals surface area contributed by atoms with E-state index in [0.717, 1.165) is 18.4 Å². The van der Waals surface area contributed by atoms with Crippen molar-refractivity contribution in [2.45, 2.75) is 32.6 Å². The smallest absolute Gasteiger partial charge is 0.274 e. The highest BCUT2D eigenvalue weighted by atomic mass is 16.6. The lowest BCUT2D eigenvalue weighted by molar-refractivity contribution is -0.385. The first-order valence-corrected chi connectivity index (χ1v) is 7.63. The molecule has 120 valence electrons. The molecule has 2 aromatic rings. The third-order valence-electron chi connectivity index (χ3n) is 3.77. The topological polar surface area (TPSA) is 72.2 Å². The van der Waals surface area contributed by atoms with Gasteiger partial charge in [0.15, 0.2) is 0 Å². The molecular weight excluding hydrogens is 292 g/mol. The number of hydrogen-bond donors (Lipinski definition) is 1. The van der Waals surface area contributed by atoms with E-state index in [-0.39, 0.29) is 17.5 Å². The Morgan fingerprint density at radius 2 is 1.91 bits per heavy atom. The maximum Gasteiger partial charge on any atom is 0.274 e. The number of benzene rings is 2. The summed E-state index contributed by atoms with van der Waals surface area (Å²) in [6.07, 6.45) is 1.60. The zero-order valence-electron chi connectivity index (χ0n) is 13.3. The summed E-state index contributed by atoms with van der Waals surface area (Å²) in [4.78, 5) is 23.2. The van der Waals surface area contributed by atoms with E-state index in [0.29, 0.717) is 11.3 Å². The van der Waals surface area contributed by atoms with E-state index >= 15 is 0 Å². The molecule has 0 saturated heterocycles. The third kappa shape index (κ3) is 4.16. The number of hydrogen-bond acceptors (Lipinski definition) is 3. The van der Waals surface area contributed by atoms with Crippen LogP contribution in [0.25, 0.3) is 0 Å². The van der Waals surface area contributed by atoms with E-state index in [1.165, 1.54) is 6.07 Å². The molecule has 0 radical (unpaired) electrons. The van der Waals surface area contributed by atoms with Gasteiger partial charge in [-0.1, -0.05) is 49.7 Å². The van der Waals surface area contributed by atoms with E-state index in [1.54, 1.807) is 19.1 Å². The Morgan fingerprint density at radius 3 is 2.52 bits per heavy atom. The van der Waals surface area contributed by atoms with Crippen LogP contribution >= 0.6 is 0 Å². The third-order valence-corrected chi connectivity index (χ3v) is 3.77. The van der Waals surface area contributed by atoms with Crippen molar-refractivity contribution in [1.29, 1.82) is 0 Å². The van der Waals surface area contributed by atoms with Crippen LogP contribution in [0.1, 0.15) is 36.8 Å². The van der Waals surface area contributed by atoms with Gasteiger partial charge in [0.2, 0.25) is 5.91 Å². The quantitative estimate of drug-likeness (QED) is 0.633. The number of rotatable bonds is 6. The molecule has 5 nitrogen and oxygen atoms in total. The maximum atomic E-state index is 12.6. The minimum absolute atomic E-state index is 0.00885. The lowest BCUT2D eigenvalue weighted by atomic mass is 9.93. The molecular formula is C18H20N2O3. The van der Waals surface area contributed by atoms with Gasteiger partial charge in [0.05, 0.1) is 10.8 Å². The first-order chi connectivity index (χ1) is 11.0. The molecule has 0 aromatic heterocycles. The Bertz CT molecular complexity index is 699. The highest BCUT2D eigenvalue weighted by Gasteiger charge is 2.20. The van der Waals surface area contributed by atoms with Gasteiger partial charge in [-0.3, -0.25) is 14.9 Å². The van der Waals surface area contributed by atoms with Gasteiger partial charge in [-0.15, -0.1) is 0 Å². The van der Waals surface area contributed by atoms with Crippen molar-refractivity contribution in [3.05, 3.63) is 69.8 Å². The summed E-state index contributed by atoms with van der Waals surface area (Å²) in [6, 6.07) is 14.3. The van der Waals surface area contributed by atoms with Crippen LogP contribution < -0.4 is 5.32 Å². The average molecular weight is 312 g/mol. The Hall–Kier alpha value is -2.69. The molecule has 0 fully saturated rings. The minimum Gasteiger partial charge on any atom is -0.325 e. The fourth-order valence-corrected chi connectivity index (χ4v) is 2.54. The molecule has 23 heavy (non-hydrogen) atoms. The van der Waals surface area contributed by atoms with E-state index in [4.69, 9.17) is 0 Å². The van der Waals surface area contributed by atoms with Crippen molar-refractivity contribution in [2.24, 2.45) is 0 Å². The summed E-state index contributed by atoms with van der Waals surface area (Å²) >= 11 is 0. The van der Waals surface area contributed by atoms with Crippen molar-refractivity contribution in [3.63, 3.8) is 0 Å². The maximum absolute atomic E-state index is 12.6. The summed E-state index contributed by atoms with van der Waals surface area (Å²) in [7, 11) is 0. The Morgan fingerprint density at radius 1 is 1.22 bits per heavy atom. The van der Waals surface area contributed by atoms with E-state index in [1.807, 2.05) is 37.3 Å². The lowest BCUT2D eigenvalue weighted by Gasteiger charge is -2.16. The summed E-state index contributed by atoms with van der Waals surface area (Å²) in [5.74, 6) is -0.405. The van der Waals surface area contributed by atoms with E-state index in [2.05, 4.69) is 5.32 Å². The molecule has 2 rings (SSSR count). The zero-order valence-corrected chi connectivity index (χ0v) is 13.3. The molecule has 2 aromatic carbocycles. The van der Waals surface area contributed by atoms with Gasteiger partial charge in [-0.05, 0) is 25.0 Å². The standard InChI is InChI=1S/C18H20N2O3/c1-3-7-16(14-8-5-4-6-9-14)18(21)19-15-11-10-13(2)17(12-15)20(22)23/h4-6,8-12,16H,3,7H2,1-2H3,(H,19,21). The summed E-state index contributed by atoms with van der Waals surface area (Å²) in [5, 5.41) is 13.8. The molecule has 0 bridgehead atoms. The number of anilines is 1. The first kappa shape index (κ1) is 16.7. The predicted octanol–water partition coefficient (Wildman–Crippen LogP) is 4.43. The molecule has 0 spiro atoms. The monoisotopic (exact) mass is 312 g/mol. The fraction of sp³-hybridized carbons (Fsp3) is 0.278. The summed E-state index contributed by atoms with van der Waals surface area (Å²) in [6.45, 7) is 3.70. The number of nitrogens with zero attached hydrogens (tertiary/aromatic N) is 1. The second kappa shape index (κ2) is 7.54. The lowest BCUT2D eigenvalue weighted by Crippen LogP contribution is -2.21. The SMILES string of the molecule is CCCC(C(=O)Nc1ccc(C)c([N+](=O)[O-])c1)c1ccccc1. The average Bonchev–Trinajstić information content (AvgIpc) is 2.54. The number of nitrogens with one attached hydrogen (secondary N) is 1. The van der Waals surface area contributed by atoms with Crippen LogP contribution in [0.15, 0.2) is 48.5 Å². The van der Waals surface area contributed by atoms with Gasteiger partial charge in [0.25, 0.3) is 5.69 Å². The van der Waals surface area contributed by atoms with Crippen molar-refractivity contribution in [1.82, 2.24) is 0 Å². The zero-order chi connectivity index (χ0) is 16.8. The van der Waals surface area contributed by atoms with Crippen LogP contribution in [0.4, 0.5) is 11.4 Å². The number of carbonyl (C=O) groups excluding carboxylic acids is 1. The summed E-state index contributed by atoms with van der Waals surface area (Å²) < 4.78 is 0. The molecule has 1 amide bonds. The minimum atomic E-state index is -0.439. The highest BCUT2D eigenvalue weighted by molar-refractivity contribution is 5.96. The number of nitro groups is 1. The number of carbonyl (C=O) groups is 1. The number of nitro benzene ring substituents is 1. The van der Waals surface area contributed by atoms with Crippen molar-refractivity contribution >= 4 is 17.3 Å². The van der Waals surface area contributed by atoms with Gasteiger partial charge in [-0.25, -0.2) is 0 Å². The molecule has 1 atom stereocenters. The molecule has 0 saturated carbocycles. The summed E-state index contributed by atoms with van der Waals surface area (Å²) in [5.41, 5.74) is 1.98. The molecule has 1 unspecified atom stereocenters. The van der Waals surface area contributed by atoms with Crippen LogP contribution in [0.5, 0.6) is 0 Å². The second-order valence-electron chi connectivity index (χ2n) is 5.50. The van der Waals surface area contributed by atoms with Gasteiger partial charge in [0, 0.05) is 17.3 Å². The van der Waals surface area contributed by atoms with Crippen LogP contribution in [0.3, 0.4) is 0 Å². The molecule has 0 aliphatic carbocycles. The molecule has 0 aliphatic rings. The Kier molecular flexibility index (Phi) is 5.46. The normalized spacial score (nSPS) is 11.7. The van der Waals surface area contributed by atoms with Gasteiger partial charge < -0.3 is 5.32 Å². The van der Waals surface area contributed by atoms with Gasteiger partial charge in [0.1, 0.15) is 0 Å². The van der Waals surface area contributed by atoms with Gasteiger partial charge >= 0.3 is 0 Å². The molecule has 5 heteroatoms. The van der Waals surface area contributed by atoms with Crippen LogP contribution in [-0.2, 0) is 4.79 Å². The van der Waals surface area contributed by atoms with E-state index in [9.17, 15) is 14.9 Å². The molecule has 0 heterocycles. The Labute approximate surface area is 135 Å². The fourth-order valence-electron chi connectivity index (χ4n) is 2.54. The predicted molar refractivity (Wildman–Crippen MR) is 90.6 cm³/mol. The number of aryl methyl sites for hydroxylation is 1. The van der Waals surface area contributed by atoms with Crippen molar-refractivity contribution < 1.29 is 9.72 Å². The molecule has 1 N–H and O–H groups in total. The van der Waals surface area contributed by atoms with Crippen molar-refractivity contribution in [2.75, 3.05) is 5.32 Å². The first-order valence-electron chi connectivity index (χ1n) is 7.63. The highest BCUT2D eigenvalue weighted by Crippen LogP contribution is 2.26. The van der Waals surface area contributed by atoms with Gasteiger partial charge in [-0.2, -0.15) is 0 Å². The number of amides is 1. The largest absolute Gasteiger partial charge is 0.325 e. The van der Waals surface area contributed by atoms with E-state index < -0.39 is 4.92 Å². The van der Waals surface area contributed by atoms with Crippen molar-refractivity contribution in [3.8, 4) is 0 Å². The molecule has 0 aliphatic heterocycles.